The van der Waals surface area contributed by atoms with Crippen LogP contribution in [-0.4, -0.2) is 30.6 Å². The van der Waals surface area contributed by atoms with Gasteiger partial charge in [-0.2, -0.15) is 0 Å². The highest BCUT2D eigenvalue weighted by Gasteiger charge is 2.19. The smallest absolute Gasteiger partial charge is 0.344 e. The summed E-state index contributed by atoms with van der Waals surface area (Å²) in [5.41, 5.74) is 4.77. The molecule has 0 radical (unpaired) electrons. The predicted molar refractivity (Wildman–Crippen MR) is 80.2 cm³/mol. The highest BCUT2D eigenvalue weighted by atomic mass is 35.5. The number of primary amides is 1. The van der Waals surface area contributed by atoms with Crippen molar-refractivity contribution in [1.82, 2.24) is 5.32 Å². The lowest BCUT2D eigenvalue weighted by Gasteiger charge is -2.13. The first-order valence-electron chi connectivity index (χ1n) is 5.77. The fourth-order valence-corrected chi connectivity index (χ4v) is 1.85. The first-order chi connectivity index (χ1) is 10.2. The summed E-state index contributed by atoms with van der Waals surface area (Å²) in [7, 11) is 0. The predicted octanol–water partition coefficient (Wildman–Crippen LogP) is 2.15. The first-order valence-corrected chi connectivity index (χ1v) is 6.91. The molecule has 10 heteroatoms. The van der Waals surface area contributed by atoms with Crippen molar-refractivity contribution >= 4 is 52.7 Å². The number of ether oxygens (including phenoxy) is 2. The zero-order chi connectivity index (χ0) is 16.9. The number of esters is 1. The fraction of sp³-hybridized carbons (Fsp3) is 0.250. The van der Waals surface area contributed by atoms with E-state index in [0.717, 1.165) is 0 Å². The summed E-state index contributed by atoms with van der Waals surface area (Å²) >= 11 is 17.4. The number of amides is 3. The number of imide groups is 1. The van der Waals surface area contributed by atoms with Crippen LogP contribution in [0.3, 0.4) is 0 Å². The van der Waals surface area contributed by atoms with Crippen LogP contribution < -0.4 is 15.8 Å². The molecule has 0 heterocycles. The van der Waals surface area contributed by atoms with Gasteiger partial charge in [-0.1, -0.05) is 34.8 Å². The molecule has 1 aromatic carbocycles. The molecule has 0 spiro atoms. The molecule has 0 aliphatic carbocycles. The molecule has 0 aromatic heterocycles. The Morgan fingerprint density at radius 2 is 1.77 bits per heavy atom. The SMILES string of the molecule is C[C@H](OC(=O)COc1cc(Cl)c(Cl)cc1Cl)C(=O)NC(N)=O. The molecule has 3 amide bonds. The van der Waals surface area contributed by atoms with Gasteiger partial charge in [0.15, 0.2) is 12.7 Å². The molecule has 0 bridgehead atoms. The molecule has 120 valence electrons. The summed E-state index contributed by atoms with van der Waals surface area (Å²) < 4.78 is 9.87. The van der Waals surface area contributed by atoms with Gasteiger partial charge in [-0.3, -0.25) is 10.1 Å². The Morgan fingerprint density at radius 1 is 1.18 bits per heavy atom. The van der Waals surface area contributed by atoms with Crippen molar-refractivity contribution in [2.75, 3.05) is 6.61 Å². The molecule has 1 rings (SSSR count). The Hall–Kier alpha value is -1.70. The Bertz CT molecular complexity index is 609. The number of nitrogens with two attached hydrogens (primary N) is 1. The molecule has 1 atom stereocenters. The van der Waals surface area contributed by atoms with E-state index in [1.165, 1.54) is 19.1 Å². The molecule has 0 unspecified atom stereocenters. The molecule has 3 N–H and O–H groups in total. The van der Waals surface area contributed by atoms with Gasteiger partial charge in [0.1, 0.15) is 5.75 Å². The lowest BCUT2D eigenvalue weighted by Crippen LogP contribution is -2.42. The number of hydrogen-bond donors (Lipinski definition) is 2. The Labute approximate surface area is 140 Å². The minimum Gasteiger partial charge on any atom is -0.480 e. The maximum Gasteiger partial charge on any atom is 0.344 e. The Balaban J connectivity index is 2.55. The molecular weight excluding hydrogens is 359 g/mol. The molecular formula is C12H11Cl3N2O5. The number of hydrogen-bond acceptors (Lipinski definition) is 5. The highest BCUT2D eigenvalue weighted by molar-refractivity contribution is 6.43. The van der Waals surface area contributed by atoms with Crippen molar-refractivity contribution in [2.45, 2.75) is 13.0 Å². The van der Waals surface area contributed by atoms with Gasteiger partial charge < -0.3 is 15.2 Å². The molecule has 0 saturated heterocycles. The van der Waals surface area contributed by atoms with E-state index in [-0.39, 0.29) is 20.8 Å². The number of carbonyl (C=O) groups is 3. The van der Waals surface area contributed by atoms with E-state index >= 15 is 0 Å². The third-order valence-electron chi connectivity index (χ3n) is 2.24. The second-order valence-electron chi connectivity index (χ2n) is 3.97. The highest BCUT2D eigenvalue weighted by Crippen LogP contribution is 2.33. The Kier molecular flexibility index (Phi) is 6.73. The van der Waals surface area contributed by atoms with Gasteiger partial charge in [-0.15, -0.1) is 0 Å². The average molecular weight is 370 g/mol. The standard InChI is InChI=1S/C12H11Cl3N2O5/c1-5(11(19)17-12(16)20)22-10(18)4-21-9-3-7(14)6(13)2-8(9)15/h2-3,5H,4H2,1H3,(H3,16,17,19,20)/t5-/m0/s1. The van der Waals surface area contributed by atoms with Crippen LogP contribution in [-0.2, 0) is 14.3 Å². The van der Waals surface area contributed by atoms with Crippen LogP contribution in [0.1, 0.15) is 6.92 Å². The monoisotopic (exact) mass is 368 g/mol. The minimum absolute atomic E-state index is 0.127. The molecule has 7 nitrogen and oxygen atoms in total. The lowest BCUT2D eigenvalue weighted by atomic mass is 10.3. The van der Waals surface area contributed by atoms with Crippen LogP contribution in [0.15, 0.2) is 12.1 Å². The molecule has 1 aromatic rings. The van der Waals surface area contributed by atoms with Crippen molar-refractivity contribution < 1.29 is 23.9 Å². The zero-order valence-corrected chi connectivity index (χ0v) is 13.5. The van der Waals surface area contributed by atoms with E-state index < -0.39 is 30.6 Å². The minimum atomic E-state index is -1.21. The number of urea groups is 1. The first kappa shape index (κ1) is 18.3. The van der Waals surface area contributed by atoms with Gasteiger partial charge >= 0.3 is 12.0 Å². The van der Waals surface area contributed by atoms with E-state index in [1.54, 1.807) is 5.32 Å². The summed E-state index contributed by atoms with van der Waals surface area (Å²) in [5, 5.41) is 2.36. The van der Waals surface area contributed by atoms with Crippen LogP contribution in [0.4, 0.5) is 4.79 Å². The average Bonchev–Trinajstić information content (AvgIpc) is 2.40. The second-order valence-corrected chi connectivity index (χ2v) is 5.19. The van der Waals surface area contributed by atoms with Gasteiger partial charge in [-0.05, 0) is 13.0 Å². The third kappa shape index (κ3) is 5.59. The molecule has 0 fully saturated rings. The van der Waals surface area contributed by atoms with E-state index in [0.29, 0.717) is 0 Å². The zero-order valence-electron chi connectivity index (χ0n) is 11.2. The number of nitrogens with one attached hydrogen (secondary N) is 1. The van der Waals surface area contributed by atoms with Gasteiger partial charge in [0.05, 0.1) is 15.1 Å². The van der Waals surface area contributed by atoms with Crippen LogP contribution in [0.2, 0.25) is 15.1 Å². The summed E-state index contributed by atoms with van der Waals surface area (Å²) in [6.45, 7) is 0.744. The van der Waals surface area contributed by atoms with E-state index in [1.807, 2.05) is 0 Å². The fourth-order valence-electron chi connectivity index (χ4n) is 1.26. The molecule has 0 aliphatic rings. The normalized spacial score (nSPS) is 11.5. The van der Waals surface area contributed by atoms with Gasteiger partial charge in [0, 0.05) is 6.07 Å². The van der Waals surface area contributed by atoms with Gasteiger partial charge in [0.2, 0.25) is 0 Å². The number of halogens is 3. The maximum atomic E-state index is 11.5. The van der Waals surface area contributed by atoms with E-state index in [9.17, 15) is 14.4 Å². The van der Waals surface area contributed by atoms with Crippen molar-refractivity contribution in [1.29, 1.82) is 0 Å². The maximum absolute atomic E-state index is 11.5. The topological polar surface area (TPSA) is 108 Å². The summed E-state index contributed by atoms with van der Waals surface area (Å²) in [6.07, 6.45) is -1.21. The third-order valence-corrected chi connectivity index (χ3v) is 3.26. The molecule has 0 saturated carbocycles. The van der Waals surface area contributed by atoms with Gasteiger partial charge in [-0.25, -0.2) is 9.59 Å². The van der Waals surface area contributed by atoms with Crippen molar-refractivity contribution in [3.05, 3.63) is 27.2 Å². The van der Waals surface area contributed by atoms with Crippen LogP contribution in [0.5, 0.6) is 5.75 Å². The number of rotatable bonds is 5. The van der Waals surface area contributed by atoms with Crippen LogP contribution >= 0.6 is 34.8 Å². The second kappa shape index (κ2) is 8.07. The quantitative estimate of drug-likeness (QED) is 0.611. The number of benzene rings is 1. The van der Waals surface area contributed by atoms with Crippen molar-refractivity contribution in [3.8, 4) is 5.75 Å². The van der Waals surface area contributed by atoms with Crippen molar-refractivity contribution in [2.24, 2.45) is 5.73 Å². The summed E-state index contributed by atoms with van der Waals surface area (Å²) in [5.74, 6) is -1.58. The van der Waals surface area contributed by atoms with Gasteiger partial charge in [0.25, 0.3) is 5.91 Å². The largest absolute Gasteiger partial charge is 0.480 e. The molecule has 22 heavy (non-hydrogen) atoms. The van der Waals surface area contributed by atoms with Crippen LogP contribution in [0, 0.1) is 0 Å². The van der Waals surface area contributed by atoms with E-state index in [2.05, 4.69) is 0 Å². The van der Waals surface area contributed by atoms with Crippen molar-refractivity contribution in [3.63, 3.8) is 0 Å². The summed E-state index contributed by atoms with van der Waals surface area (Å²) in [6, 6.07) is 1.64. The number of carbonyl (C=O) groups excluding carboxylic acids is 3. The Morgan fingerprint density at radius 3 is 2.36 bits per heavy atom. The molecule has 0 aliphatic heterocycles. The lowest BCUT2D eigenvalue weighted by molar-refractivity contribution is -0.156. The van der Waals surface area contributed by atoms with Crippen LogP contribution in [0.25, 0.3) is 0 Å². The van der Waals surface area contributed by atoms with E-state index in [4.69, 9.17) is 50.0 Å². The summed E-state index contributed by atoms with van der Waals surface area (Å²) in [4.78, 5) is 33.3.